The molecule has 3 rings (SSSR count). The van der Waals surface area contributed by atoms with Crippen LogP contribution in [0, 0.1) is 6.08 Å². The fraction of sp³-hybridized carbons (Fsp3) is 0.222. The average Bonchev–Trinajstić information content (AvgIpc) is 2.99. The fourth-order valence-electron chi connectivity index (χ4n) is 1.57. The molecule has 0 atom stereocenters. The van der Waals surface area contributed by atoms with Crippen molar-refractivity contribution in [3.63, 3.8) is 0 Å². The van der Waals surface area contributed by atoms with Crippen molar-refractivity contribution in [2.75, 3.05) is 0 Å². The maximum atomic E-state index is 3.05. The molecular formula is C18H20Zr. The first-order chi connectivity index (χ1) is 9.09. The molecule has 0 bridgehead atoms. The van der Waals surface area contributed by atoms with E-state index in [1.165, 1.54) is 19.6 Å². The summed E-state index contributed by atoms with van der Waals surface area (Å²) in [6, 6.07) is 14.7. The summed E-state index contributed by atoms with van der Waals surface area (Å²) < 4.78 is 1.51. The van der Waals surface area contributed by atoms with Crippen LogP contribution in [0.1, 0.15) is 27.2 Å². The van der Waals surface area contributed by atoms with Crippen LogP contribution in [-0.4, -0.2) is 3.21 Å². The van der Waals surface area contributed by atoms with E-state index in [1.807, 2.05) is 6.08 Å². The van der Waals surface area contributed by atoms with Gasteiger partial charge < -0.3 is 0 Å². The van der Waals surface area contributed by atoms with Crippen LogP contribution in [0.25, 0.3) is 10.8 Å². The number of allylic oxidation sites excluding steroid dienone is 4. The van der Waals surface area contributed by atoms with Crippen LogP contribution >= 0.6 is 0 Å². The Kier molecular flexibility index (Phi) is 7.67. The van der Waals surface area contributed by atoms with Crippen molar-refractivity contribution < 1.29 is 24.2 Å². The second-order valence-corrected chi connectivity index (χ2v) is 7.11. The Morgan fingerprint density at radius 2 is 1.89 bits per heavy atom. The van der Waals surface area contributed by atoms with E-state index in [-0.39, 0.29) is 0 Å². The second-order valence-electron chi connectivity index (χ2n) is 4.66. The summed E-state index contributed by atoms with van der Waals surface area (Å²) in [6.45, 7) is 6.33. The molecule has 0 saturated heterocycles. The van der Waals surface area contributed by atoms with Gasteiger partial charge in [0.05, 0.1) is 0 Å². The summed E-state index contributed by atoms with van der Waals surface area (Å²) in [5.41, 5.74) is 1.34. The van der Waals surface area contributed by atoms with E-state index >= 15 is 0 Å². The first-order valence-corrected chi connectivity index (χ1v) is 7.68. The number of fused-ring (bicyclic) bond motifs is 1. The molecule has 0 aromatic heterocycles. The zero-order valence-corrected chi connectivity index (χ0v) is 14.4. The van der Waals surface area contributed by atoms with Gasteiger partial charge >= 0.3 is 41.3 Å². The molecule has 1 aliphatic rings. The normalized spacial score (nSPS) is 12.2. The van der Waals surface area contributed by atoms with E-state index in [4.69, 9.17) is 0 Å². The van der Waals surface area contributed by atoms with Gasteiger partial charge in [-0.2, -0.15) is 23.6 Å². The van der Waals surface area contributed by atoms with Crippen molar-refractivity contribution >= 4 is 14.0 Å². The second kappa shape index (κ2) is 9.04. The number of hydrogen-bond acceptors (Lipinski definition) is 0. The van der Waals surface area contributed by atoms with Gasteiger partial charge in [0.15, 0.2) is 0 Å². The van der Waals surface area contributed by atoms with Crippen LogP contribution in [0.3, 0.4) is 0 Å². The van der Waals surface area contributed by atoms with Gasteiger partial charge in [0.1, 0.15) is 0 Å². The van der Waals surface area contributed by atoms with Crippen LogP contribution in [0.2, 0.25) is 0 Å². The Morgan fingerprint density at radius 3 is 2.37 bits per heavy atom. The van der Waals surface area contributed by atoms with Crippen LogP contribution in [0.15, 0.2) is 60.2 Å². The maximum Gasteiger partial charge on any atom is -0.0809 e. The zero-order valence-electron chi connectivity index (χ0n) is 11.9. The minimum absolute atomic E-state index is 1.02. The van der Waals surface area contributed by atoms with Crippen LogP contribution in [0.5, 0.6) is 0 Å². The smallest absolute Gasteiger partial charge is 0.0809 e. The van der Waals surface area contributed by atoms with E-state index < -0.39 is 0 Å². The molecule has 0 fully saturated rings. The minimum atomic E-state index is 1.02. The van der Waals surface area contributed by atoms with Crippen LogP contribution in [-0.2, 0) is 24.2 Å². The zero-order chi connectivity index (χ0) is 14.1. The molecule has 19 heavy (non-hydrogen) atoms. The average molecular weight is 328 g/mol. The number of rotatable bonds is 0. The first kappa shape index (κ1) is 16.1. The van der Waals surface area contributed by atoms with Crippen molar-refractivity contribution in [2.24, 2.45) is 0 Å². The minimum Gasteiger partial charge on any atom is -0.168 e. The molecule has 2 aromatic carbocycles. The number of benzene rings is 1. The van der Waals surface area contributed by atoms with Crippen molar-refractivity contribution in [1.82, 2.24) is 0 Å². The van der Waals surface area contributed by atoms with Crippen LogP contribution < -0.4 is 0 Å². The maximum absolute atomic E-state index is 3.05. The monoisotopic (exact) mass is 326 g/mol. The van der Waals surface area contributed by atoms with E-state index in [9.17, 15) is 0 Å². The Morgan fingerprint density at radius 1 is 1.21 bits per heavy atom. The molecule has 0 nitrogen and oxygen atoms in total. The van der Waals surface area contributed by atoms with E-state index in [0.717, 1.165) is 6.42 Å². The van der Waals surface area contributed by atoms with Crippen molar-refractivity contribution in [3.05, 3.63) is 66.3 Å². The summed E-state index contributed by atoms with van der Waals surface area (Å²) >= 11 is 1.55. The molecule has 1 heteroatoms. The van der Waals surface area contributed by atoms with Crippen molar-refractivity contribution in [1.29, 1.82) is 0 Å². The quantitative estimate of drug-likeness (QED) is 0.597. The molecule has 0 heterocycles. The molecule has 0 unspecified atom stereocenters. The molecule has 0 radical (unpaired) electrons. The molecule has 0 N–H and O–H groups in total. The Labute approximate surface area is 131 Å². The van der Waals surface area contributed by atoms with Gasteiger partial charge in [0.25, 0.3) is 0 Å². The Hall–Kier alpha value is -0.937. The third-order valence-electron chi connectivity index (χ3n) is 2.42. The Bertz CT molecular complexity index is 533. The van der Waals surface area contributed by atoms with Gasteiger partial charge in [-0.25, -0.2) is 11.6 Å². The standard InChI is InChI=1S/C9H7.C6H7.C3H6.Zr/c1-2-5-9-7-3-6-8(9)4-1;1-6-4-2-3-5-6;1-3-2;/h1-7H;4-5H,2H2,1H3;1-2H3;/q2*-1;;+2. The summed E-state index contributed by atoms with van der Waals surface area (Å²) in [5, 5.41) is 2.66. The van der Waals surface area contributed by atoms with E-state index in [1.54, 1.807) is 24.2 Å². The molecule has 0 spiro atoms. The van der Waals surface area contributed by atoms with Gasteiger partial charge in [0.2, 0.25) is 0 Å². The summed E-state index contributed by atoms with van der Waals surface area (Å²) in [4.78, 5) is 0. The molecular weight excluding hydrogens is 307 g/mol. The largest absolute Gasteiger partial charge is 0.168 e. The van der Waals surface area contributed by atoms with Gasteiger partial charge in [-0.05, 0) is 0 Å². The summed E-state index contributed by atoms with van der Waals surface area (Å²) in [6.07, 6.45) is 8.24. The van der Waals surface area contributed by atoms with Gasteiger partial charge in [-0.3, -0.25) is 6.08 Å². The van der Waals surface area contributed by atoms with Crippen molar-refractivity contribution in [3.8, 4) is 0 Å². The first-order valence-electron chi connectivity index (χ1n) is 6.45. The Balaban J connectivity index is 0.000000158. The third-order valence-corrected chi connectivity index (χ3v) is 2.42. The SMILES string of the molecule is CC1=CC[C-]=C1.C[C](C)=[Zr+2].c1ccc2[cH-]ccc2c1. The molecule has 0 saturated carbocycles. The predicted molar refractivity (Wildman–Crippen MR) is 82.1 cm³/mol. The molecule has 0 amide bonds. The summed E-state index contributed by atoms with van der Waals surface area (Å²) in [7, 11) is 0. The fourth-order valence-corrected chi connectivity index (χ4v) is 1.57. The summed E-state index contributed by atoms with van der Waals surface area (Å²) in [5.74, 6) is 0. The van der Waals surface area contributed by atoms with Crippen LogP contribution in [0.4, 0.5) is 0 Å². The van der Waals surface area contributed by atoms with Crippen molar-refractivity contribution in [2.45, 2.75) is 27.2 Å². The van der Waals surface area contributed by atoms with Gasteiger partial charge in [-0.15, -0.1) is 43.0 Å². The molecule has 1 aliphatic carbocycles. The molecule has 0 aliphatic heterocycles. The molecule has 96 valence electrons. The third kappa shape index (κ3) is 7.28. The van der Waals surface area contributed by atoms with E-state index in [0.29, 0.717) is 0 Å². The predicted octanol–water partition coefficient (Wildman–Crippen LogP) is 5.00. The van der Waals surface area contributed by atoms with E-state index in [2.05, 4.69) is 75.4 Å². The molecule has 2 aromatic rings. The van der Waals surface area contributed by atoms with Gasteiger partial charge in [-0.1, -0.05) is 6.07 Å². The topological polar surface area (TPSA) is 0 Å². The van der Waals surface area contributed by atoms with Gasteiger partial charge in [0, 0.05) is 0 Å². The number of hydrogen-bond donors (Lipinski definition) is 0.